The highest BCUT2D eigenvalue weighted by Crippen LogP contribution is 2.30. The average molecular weight is 334 g/mol. The predicted molar refractivity (Wildman–Crippen MR) is 93.4 cm³/mol. The van der Waals surface area contributed by atoms with Crippen molar-refractivity contribution in [3.8, 4) is 11.9 Å². The Labute approximate surface area is 146 Å². The molecule has 1 aliphatic rings. The van der Waals surface area contributed by atoms with Crippen molar-refractivity contribution in [1.29, 1.82) is 5.26 Å². The van der Waals surface area contributed by atoms with Crippen molar-refractivity contribution < 1.29 is 14.2 Å². The van der Waals surface area contributed by atoms with Gasteiger partial charge in [0.05, 0.1) is 37.9 Å². The normalized spacial score (nSPS) is 14.7. The molecule has 4 rings (SSSR count). The van der Waals surface area contributed by atoms with Crippen molar-refractivity contribution in [3.05, 3.63) is 65.2 Å². The molecule has 0 amide bonds. The Morgan fingerprint density at radius 3 is 2.72 bits per heavy atom. The summed E-state index contributed by atoms with van der Waals surface area (Å²) < 4.78 is 18.7. The van der Waals surface area contributed by atoms with Crippen molar-refractivity contribution >= 4 is 10.9 Å². The van der Waals surface area contributed by atoms with E-state index >= 15 is 0 Å². The summed E-state index contributed by atoms with van der Waals surface area (Å²) in [7, 11) is 1.65. The fraction of sp³-hybridized carbons (Fsp3) is 0.250. The average Bonchev–Trinajstić information content (AvgIpc) is 3.30. The van der Waals surface area contributed by atoms with E-state index in [9.17, 15) is 5.26 Å². The molecule has 5 nitrogen and oxygen atoms in total. The third kappa shape index (κ3) is 2.86. The first-order valence-electron chi connectivity index (χ1n) is 8.18. The Kier molecular flexibility index (Phi) is 4.14. The second-order valence-electron chi connectivity index (χ2n) is 5.95. The van der Waals surface area contributed by atoms with E-state index in [2.05, 4.69) is 18.2 Å². The standard InChI is InChI=1S/C20H18N2O3/c1-23-18-11-15-5-3-7-17(12-21)19(15)22(18)13-14-4-2-6-16(10-14)20-24-8-9-25-20/h2-7,10-11,20H,8-9,13H2,1H3. The Morgan fingerprint density at radius 1 is 1.16 bits per heavy atom. The van der Waals surface area contributed by atoms with Gasteiger partial charge in [0.2, 0.25) is 0 Å². The van der Waals surface area contributed by atoms with Gasteiger partial charge < -0.3 is 18.8 Å². The molecule has 1 fully saturated rings. The van der Waals surface area contributed by atoms with Crippen molar-refractivity contribution in [2.24, 2.45) is 0 Å². The molecule has 0 atom stereocenters. The van der Waals surface area contributed by atoms with Crippen molar-refractivity contribution in [2.45, 2.75) is 12.8 Å². The van der Waals surface area contributed by atoms with Crippen molar-refractivity contribution in [2.75, 3.05) is 20.3 Å². The molecule has 5 heteroatoms. The zero-order valence-corrected chi connectivity index (χ0v) is 13.9. The van der Waals surface area contributed by atoms with Crippen LogP contribution < -0.4 is 4.74 Å². The Morgan fingerprint density at radius 2 is 1.96 bits per heavy atom. The lowest BCUT2D eigenvalue weighted by Crippen LogP contribution is -2.05. The molecule has 0 bridgehead atoms. The summed E-state index contributed by atoms with van der Waals surface area (Å²) in [6.07, 6.45) is -0.294. The van der Waals surface area contributed by atoms with Crippen LogP contribution in [0.3, 0.4) is 0 Å². The van der Waals surface area contributed by atoms with Gasteiger partial charge in [-0.15, -0.1) is 0 Å². The number of nitrogens with zero attached hydrogens (tertiary/aromatic N) is 2. The Balaban J connectivity index is 1.75. The van der Waals surface area contributed by atoms with E-state index in [0.717, 1.165) is 27.9 Å². The molecular weight excluding hydrogens is 316 g/mol. The highest BCUT2D eigenvalue weighted by molar-refractivity contribution is 5.87. The van der Waals surface area contributed by atoms with E-state index in [4.69, 9.17) is 14.2 Å². The first-order chi connectivity index (χ1) is 12.3. The molecular formula is C20H18N2O3. The van der Waals surface area contributed by atoms with Crippen LogP contribution in [0, 0.1) is 11.3 Å². The number of fused-ring (bicyclic) bond motifs is 1. The number of para-hydroxylation sites is 1. The first kappa shape index (κ1) is 15.7. The van der Waals surface area contributed by atoms with Gasteiger partial charge in [-0.25, -0.2) is 0 Å². The van der Waals surface area contributed by atoms with Gasteiger partial charge in [-0.1, -0.05) is 30.3 Å². The topological polar surface area (TPSA) is 56.4 Å². The number of aromatic nitrogens is 1. The minimum absolute atomic E-state index is 0.294. The maximum Gasteiger partial charge on any atom is 0.194 e. The van der Waals surface area contributed by atoms with Gasteiger partial charge in [-0.3, -0.25) is 0 Å². The fourth-order valence-electron chi connectivity index (χ4n) is 3.29. The van der Waals surface area contributed by atoms with Gasteiger partial charge in [0.25, 0.3) is 0 Å². The smallest absolute Gasteiger partial charge is 0.194 e. The maximum absolute atomic E-state index is 9.46. The van der Waals surface area contributed by atoms with E-state index < -0.39 is 0 Å². The summed E-state index contributed by atoms with van der Waals surface area (Å²) in [5.41, 5.74) is 3.63. The summed E-state index contributed by atoms with van der Waals surface area (Å²) in [6, 6.07) is 18.1. The molecule has 126 valence electrons. The Bertz CT molecular complexity index is 949. The summed E-state index contributed by atoms with van der Waals surface area (Å²) in [4.78, 5) is 0. The van der Waals surface area contributed by atoms with Crippen LogP contribution in [-0.2, 0) is 16.0 Å². The van der Waals surface area contributed by atoms with E-state index in [1.165, 1.54) is 0 Å². The summed E-state index contributed by atoms with van der Waals surface area (Å²) >= 11 is 0. The number of nitriles is 1. The maximum atomic E-state index is 9.46. The molecule has 0 spiro atoms. The second kappa shape index (κ2) is 6.60. The van der Waals surface area contributed by atoms with Crippen LogP contribution in [0.2, 0.25) is 0 Å². The van der Waals surface area contributed by atoms with E-state index in [0.29, 0.717) is 25.3 Å². The van der Waals surface area contributed by atoms with Gasteiger partial charge in [0, 0.05) is 17.0 Å². The van der Waals surface area contributed by atoms with Gasteiger partial charge in [-0.05, 0) is 17.7 Å². The highest BCUT2D eigenvalue weighted by atomic mass is 16.7. The van der Waals surface area contributed by atoms with Crippen LogP contribution in [0.1, 0.15) is 23.0 Å². The molecule has 0 unspecified atom stereocenters. The molecule has 1 aliphatic heterocycles. The monoisotopic (exact) mass is 334 g/mol. The summed E-state index contributed by atoms with van der Waals surface area (Å²) in [6.45, 7) is 1.85. The zero-order chi connectivity index (χ0) is 17.2. The molecule has 0 N–H and O–H groups in total. The molecule has 0 radical (unpaired) electrons. The molecule has 0 aliphatic carbocycles. The van der Waals surface area contributed by atoms with Crippen LogP contribution in [0.15, 0.2) is 48.5 Å². The molecule has 1 saturated heterocycles. The number of hydrogen-bond acceptors (Lipinski definition) is 4. The van der Waals surface area contributed by atoms with Crippen LogP contribution in [0.5, 0.6) is 5.88 Å². The zero-order valence-electron chi connectivity index (χ0n) is 13.9. The van der Waals surface area contributed by atoms with Crippen LogP contribution in [0.4, 0.5) is 0 Å². The number of rotatable bonds is 4. The molecule has 1 aromatic heterocycles. The van der Waals surface area contributed by atoms with Crippen molar-refractivity contribution in [1.82, 2.24) is 4.57 Å². The number of hydrogen-bond donors (Lipinski definition) is 0. The highest BCUT2D eigenvalue weighted by Gasteiger charge is 2.19. The quantitative estimate of drug-likeness (QED) is 0.731. The number of ether oxygens (including phenoxy) is 3. The van der Waals surface area contributed by atoms with E-state index in [-0.39, 0.29) is 6.29 Å². The van der Waals surface area contributed by atoms with Gasteiger partial charge in [0.15, 0.2) is 12.2 Å². The predicted octanol–water partition coefficient (Wildman–Crippen LogP) is 3.62. The molecule has 25 heavy (non-hydrogen) atoms. The van der Waals surface area contributed by atoms with Crippen LogP contribution >= 0.6 is 0 Å². The van der Waals surface area contributed by atoms with E-state index in [1.807, 2.05) is 41.0 Å². The van der Waals surface area contributed by atoms with Crippen molar-refractivity contribution in [3.63, 3.8) is 0 Å². The minimum atomic E-state index is -0.294. The molecule has 2 aromatic carbocycles. The minimum Gasteiger partial charge on any atom is -0.482 e. The Hall–Kier alpha value is -2.81. The molecule has 0 saturated carbocycles. The fourth-order valence-corrected chi connectivity index (χ4v) is 3.29. The third-order valence-corrected chi connectivity index (χ3v) is 4.40. The second-order valence-corrected chi connectivity index (χ2v) is 5.95. The first-order valence-corrected chi connectivity index (χ1v) is 8.18. The lowest BCUT2D eigenvalue weighted by Gasteiger charge is -2.13. The summed E-state index contributed by atoms with van der Waals surface area (Å²) in [5.74, 6) is 0.733. The third-order valence-electron chi connectivity index (χ3n) is 4.40. The SMILES string of the molecule is COc1cc2cccc(C#N)c2n1Cc1cccc(C2OCCO2)c1. The number of methoxy groups -OCH3 is 1. The lowest BCUT2D eigenvalue weighted by atomic mass is 10.1. The van der Waals surface area contributed by atoms with Gasteiger partial charge in [-0.2, -0.15) is 5.26 Å². The molecule has 2 heterocycles. The van der Waals surface area contributed by atoms with Crippen LogP contribution in [0.25, 0.3) is 10.9 Å². The van der Waals surface area contributed by atoms with Crippen LogP contribution in [-0.4, -0.2) is 24.9 Å². The lowest BCUT2D eigenvalue weighted by molar-refractivity contribution is -0.0441. The van der Waals surface area contributed by atoms with Gasteiger partial charge >= 0.3 is 0 Å². The largest absolute Gasteiger partial charge is 0.482 e. The number of benzene rings is 2. The van der Waals surface area contributed by atoms with E-state index in [1.54, 1.807) is 7.11 Å². The summed E-state index contributed by atoms with van der Waals surface area (Å²) in [5, 5.41) is 10.5. The van der Waals surface area contributed by atoms with Gasteiger partial charge in [0.1, 0.15) is 6.07 Å². The molecule has 3 aromatic rings.